The van der Waals surface area contributed by atoms with Crippen LogP contribution in [0.25, 0.3) is 0 Å². The van der Waals surface area contributed by atoms with Crippen LogP contribution < -0.4 is 0 Å². The highest BCUT2D eigenvalue weighted by molar-refractivity contribution is 7.88. The van der Waals surface area contributed by atoms with E-state index in [1.807, 2.05) is 0 Å². The maximum Gasteiger partial charge on any atom is 0.327 e. The van der Waals surface area contributed by atoms with Gasteiger partial charge in [0.15, 0.2) is 16.3 Å². The van der Waals surface area contributed by atoms with Crippen molar-refractivity contribution in [3.63, 3.8) is 0 Å². The van der Waals surface area contributed by atoms with E-state index in [1.165, 1.54) is 6.92 Å². The molecular weight excluding hydrogens is 424 g/mol. The van der Waals surface area contributed by atoms with Gasteiger partial charge in [-0.3, -0.25) is 27.5 Å². The molecule has 0 spiro atoms. The third-order valence-corrected chi connectivity index (χ3v) is 6.31. The standard InChI is InChI=1S/2C7H12O6S/c1-5(8)6(4-7(9)12-2)14(10,11)13-3;1-5(8)4-6(7(9)12-2)14(10,11)13-3/h2*6H,4H2,1-3H3. The summed E-state index contributed by atoms with van der Waals surface area (Å²) in [6, 6.07) is 0. The van der Waals surface area contributed by atoms with Gasteiger partial charge in [0.05, 0.1) is 34.9 Å². The van der Waals surface area contributed by atoms with Crippen LogP contribution >= 0.6 is 0 Å². The zero-order valence-electron chi connectivity index (χ0n) is 16.3. The van der Waals surface area contributed by atoms with Gasteiger partial charge in [-0.1, -0.05) is 0 Å². The number of methoxy groups -OCH3 is 2. The summed E-state index contributed by atoms with van der Waals surface area (Å²) in [5.41, 5.74) is 0. The summed E-state index contributed by atoms with van der Waals surface area (Å²) in [6.45, 7) is 2.26. The minimum Gasteiger partial charge on any atom is -0.469 e. The Bertz CT molecular complexity index is 766. The second-order valence-electron chi connectivity index (χ2n) is 5.12. The molecule has 0 radical (unpaired) electrons. The molecule has 12 nitrogen and oxygen atoms in total. The van der Waals surface area contributed by atoms with Crippen molar-refractivity contribution in [3.8, 4) is 0 Å². The minimum absolute atomic E-state index is 0.430. The van der Waals surface area contributed by atoms with Crippen LogP contribution in [0.2, 0.25) is 0 Å². The fourth-order valence-corrected chi connectivity index (χ4v) is 3.59. The molecule has 0 aliphatic heterocycles. The SMILES string of the molecule is COC(=O)C(CC(C)=O)S(=O)(=O)OC.COC(=O)CC(C(C)=O)S(=O)(=O)OC. The smallest absolute Gasteiger partial charge is 0.327 e. The molecule has 0 aliphatic carbocycles. The van der Waals surface area contributed by atoms with Crippen LogP contribution in [0.15, 0.2) is 0 Å². The van der Waals surface area contributed by atoms with Gasteiger partial charge < -0.3 is 9.47 Å². The Morgan fingerprint density at radius 2 is 1.14 bits per heavy atom. The molecule has 28 heavy (non-hydrogen) atoms. The molecule has 0 saturated carbocycles. The fourth-order valence-electron chi connectivity index (χ4n) is 1.61. The number of ketones is 2. The molecule has 0 saturated heterocycles. The Balaban J connectivity index is 0. The van der Waals surface area contributed by atoms with Crippen molar-refractivity contribution in [3.05, 3.63) is 0 Å². The second kappa shape index (κ2) is 12.5. The van der Waals surface area contributed by atoms with Gasteiger partial charge in [-0.2, -0.15) is 16.8 Å². The van der Waals surface area contributed by atoms with Crippen molar-refractivity contribution in [2.45, 2.75) is 37.2 Å². The zero-order chi connectivity index (χ0) is 22.7. The Hall–Kier alpha value is -1.90. The maximum absolute atomic E-state index is 11.2. The fraction of sp³-hybridized carbons (Fsp3) is 0.714. The molecule has 0 aromatic rings. The Labute approximate surface area is 163 Å². The number of esters is 2. The summed E-state index contributed by atoms with van der Waals surface area (Å²) in [7, 11) is -4.07. The summed E-state index contributed by atoms with van der Waals surface area (Å²) in [5.74, 6) is -2.86. The van der Waals surface area contributed by atoms with E-state index in [1.54, 1.807) is 0 Å². The van der Waals surface area contributed by atoms with Crippen LogP contribution in [-0.4, -0.2) is 79.3 Å². The highest BCUT2D eigenvalue weighted by atomic mass is 32.2. The van der Waals surface area contributed by atoms with E-state index in [2.05, 4.69) is 17.8 Å². The number of Topliss-reactive ketones (excluding diaryl/α,β-unsaturated/α-hetero) is 2. The Morgan fingerprint density at radius 3 is 1.43 bits per heavy atom. The quantitative estimate of drug-likeness (QED) is 0.294. The summed E-state index contributed by atoms with van der Waals surface area (Å²) in [5, 5.41) is -3.06. The molecule has 0 heterocycles. The first-order chi connectivity index (χ1) is 12.7. The van der Waals surface area contributed by atoms with Crippen molar-refractivity contribution in [1.82, 2.24) is 0 Å². The number of carbonyl (C=O) groups is 4. The molecule has 2 unspecified atom stereocenters. The minimum atomic E-state index is -4.06. The summed E-state index contributed by atoms with van der Waals surface area (Å²) < 4.78 is 61.4. The first-order valence-electron chi connectivity index (χ1n) is 7.43. The molecule has 0 rings (SSSR count). The van der Waals surface area contributed by atoms with Gasteiger partial charge in [0.2, 0.25) is 0 Å². The molecule has 164 valence electrons. The lowest BCUT2D eigenvalue weighted by Gasteiger charge is -2.11. The van der Waals surface area contributed by atoms with Crippen LogP contribution in [0.4, 0.5) is 0 Å². The Morgan fingerprint density at radius 1 is 0.714 bits per heavy atom. The summed E-state index contributed by atoms with van der Waals surface area (Å²) in [6.07, 6.45) is -0.967. The predicted molar refractivity (Wildman–Crippen MR) is 94.1 cm³/mol. The van der Waals surface area contributed by atoms with Gasteiger partial charge in [0.25, 0.3) is 20.2 Å². The largest absolute Gasteiger partial charge is 0.469 e. The topological polar surface area (TPSA) is 173 Å². The van der Waals surface area contributed by atoms with Crippen molar-refractivity contribution >= 4 is 43.7 Å². The molecule has 0 N–H and O–H groups in total. The second-order valence-corrected chi connectivity index (χ2v) is 8.89. The van der Waals surface area contributed by atoms with Crippen molar-refractivity contribution in [1.29, 1.82) is 0 Å². The average molecular weight is 448 g/mol. The van der Waals surface area contributed by atoms with Crippen LogP contribution in [0.5, 0.6) is 0 Å². The van der Waals surface area contributed by atoms with Gasteiger partial charge in [-0.15, -0.1) is 0 Å². The van der Waals surface area contributed by atoms with Crippen molar-refractivity contribution in [2.75, 3.05) is 28.4 Å². The molecule has 0 aliphatic rings. The van der Waals surface area contributed by atoms with E-state index in [4.69, 9.17) is 0 Å². The lowest BCUT2D eigenvalue weighted by Crippen LogP contribution is -2.33. The Kier molecular flexibility index (Phi) is 12.7. The van der Waals surface area contributed by atoms with E-state index >= 15 is 0 Å². The van der Waals surface area contributed by atoms with Gasteiger partial charge in [-0.05, 0) is 13.8 Å². The molecule has 0 amide bonds. The summed E-state index contributed by atoms with van der Waals surface area (Å²) >= 11 is 0. The molecule has 0 aromatic heterocycles. The van der Waals surface area contributed by atoms with Gasteiger partial charge in [0, 0.05) is 6.42 Å². The molecule has 0 aromatic carbocycles. The van der Waals surface area contributed by atoms with E-state index in [-0.39, 0.29) is 0 Å². The van der Waals surface area contributed by atoms with E-state index in [0.717, 1.165) is 35.4 Å². The number of hydrogen-bond donors (Lipinski definition) is 0. The number of ether oxygens (including phenoxy) is 2. The van der Waals surface area contributed by atoms with Crippen molar-refractivity contribution < 1.29 is 53.9 Å². The normalized spacial score (nSPS) is 13.4. The molecule has 2 atom stereocenters. The van der Waals surface area contributed by atoms with Crippen LogP contribution in [0.3, 0.4) is 0 Å². The van der Waals surface area contributed by atoms with Crippen molar-refractivity contribution in [2.24, 2.45) is 0 Å². The van der Waals surface area contributed by atoms with E-state index in [0.29, 0.717) is 0 Å². The molecule has 0 bridgehead atoms. The van der Waals surface area contributed by atoms with Crippen LogP contribution in [0, 0.1) is 0 Å². The first kappa shape index (κ1) is 28.3. The monoisotopic (exact) mass is 448 g/mol. The lowest BCUT2D eigenvalue weighted by molar-refractivity contribution is -0.142. The van der Waals surface area contributed by atoms with E-state index in [9.17, 15) is 36.0 Å². The van der Waals surface area contributed by atoms with E-state index < -0.39 is 67.1 Å². The third kappa shape index (κ3) is 9.87. The number of rotatable bonds is 10. The number of carbonyl (C=O) groups excluding carboxylic acids is 4. The number of hydrogen-bond acceptors (Lipinski definition) is 12. The lowest BCUT2D eigenvalue weighted by atomic mass is 10.2. The van der Waals surface area contributed by atoms with Crippen LogP contribution in [-0.2, 0) is 57.3 Å². The highest BCUT2D eigenvalue weighted by Crippen LogP contribution is 2.11. The molecule has 0 fully saturated rings. The summed E-state index contributed by atoms with van der Waals surface area (Å²) in [4.78, 5) is 43.5. The third-order valence-electron chi connectivity index (χ3n) is 3.13. The van der Waals surface area contributed by atoms with Gasteiger partial charge in [0.1, 0.15) is 5.78 Å². The first-order valence-corrected chi connectivity index (χ1v) is 10.4. The van der Waals surface area contributed by atoms with Gasteiger partial charge in [-0.25, -0.2) is 0 Å². The average Bonchev–Trinajstić information content (AvgIpc) is 2.62. The predicted octanol–water partition coefficient (Wildman–Crippen LogP) is -1.03. The molecule has 14 heteroatoms. The maximum atomic E-state index is 11.2. The highest BCUT2D eigenvalue weighted by Gasteiger charge is 2.35. The van der Waals surface area contributed by atoms with Crippen LogP contribution in [0.1, 0.15) is 26.7 Å². The zero-order valence-corrected chi connectivity index (χ0v) is 17.9. The molecular formula is C14H24O12S2. The van der Waals surface area contributed by atoms with Gasteiger partial charge >= 0.3 is 11.9 Å².